The van der Waals surface area contributed by atoms with Gasteiger partial charge in [0.1, 0.15) is 11.5 Å². The molecule has 1 aromatic carbocycles. The number of methoxy groups -OCH3 is 1. The van der Waals surface area contributed by atoms with Gasteiger partial charge in [0.15, 0.2) is 6.61 Å². The van der Waals surface area contributed by atoms with E-state index in [1.807, 2.05) is 24.8 Å². The van der Waals surface area contributed by atoms with Gasteiger partial charge < -0.3 is 19.9 Å². The summed E-state index contributed by atoms with van der Waals surface area (Å²) in [5.74, 6) is 0.411. The van der Waals surface area contributed by atoms with Gasteiger partial charge in [-0.05, 0) is 50.1 Å². The van der Waals surface area contributed by atoms with E-state index < -0.39 is 5.97 Å². The van der Waals surface area contributed by atoms with Crippen LogP contribution in [0.5, 0.6) is 11.5 Å². The van der Waals surface area contributed by atoms with Crippen molar-refractivity contribution in [1.82, 2.24) is 10.2 Å². The van der Waals surface area contributed by atoms with Crippen LogP contribution in [-0.4, -0.2) is 60.8 Å². The van der Waals surface area contributed by atoms with Crippen molar-refractivity contribution in [3.63, 3.8) is 0 Å². The Morgan fingerprint density at radius 2 is 2.08 bits per heavy atom. The minimum atomic E-state index is -0.822. The molecule has 7 heteroatoms. The van der Waals surface area contributed by atoms with Crippen molar-refractivity contribution in [1.29, 1.82) is 0 Å². The molecule has 0 saturated heterocycles. The molecule has 0 unspecified atom stereocenters. The van der Waals surface area contributed by atoms with Gasteiger partial charge in [0.05, 0.1) is 13.7 Å². The van der Waals surface area contributed by atoms with Crippen LogP contribution in [0.3, 0.4) is 0 Å². The largest absolute Gasteiger partial charge is 0.496 e. The second-order valence-electron chi connectivity index (χ2n) is 6.27. The summed E-state index contributed by atoms with van der Waals surface area (Å²) in [4.78, 5) is 24.7. The smallest absolute Gasteiger partial charge is 0.317 e. The van der Waals surface area contributed by atoms with Gasteiger partial charge in [-0.15, -0.1) is 0 Å². The van der Waals surface area contributed by atoms with Crippen molar-refractivity contribution in [3.8, 4) is 11.5 Å². The zero-order valence-electron chi connectivity index (χ0n) is 14.9. The number of carboxylic acid groups (broad SMARTS) is 1. The van der Waals surface area contributed by atoms with Crippen molar-refractivity contribution >= 4 is 11.9 Å². The van der Waals surface area contributed by atoms with Crippen molar-refractivity contribution in [2.45, 2.75) is 38.8 Å². The van der Waals surface area contributed by atoms with Crippen LogP contribution in [-0.2, 0) is 9.59 Å². The summed E-state index contributed by atoms with van der Waals surface area (Å²) < 4.78 is 10.7. The molecule has 1 aliphatic carbocycles. The van der Waals surface area contributed by atoms with E-state index in [0.29, 0.717) is 12.3 Å². The quantitative estimate of drug-likeness (QED) is 0.701. The number of ether oxygens (including phenoxy) is 2. The van der Waals surface area contributed by atoms with Gasteiger partial charge in [-0.25, -0.2) is 0 Å². The van der Waals surface area contributed by atoms with Gasteiger partial charge in [-0.2, -0.15) is 0 Å². The third-order valence-electron chi connectivity index (χ3n) is 4.48. The van der Waals surface area contributed by atoms with E-state index in [9.17, 15) is 9.59 Å². The second kappa shape index (κ2) is 8.71. The van der Waals surface area contributed by atoms with Crippen LogP contribution < -0.4 is 14.8 Å². The molecule has 1 aromatic rings. The topological polar surface area (TPSA) is 88.1 Å². The van der Waals surface area contributed by atoms with E-state index >= 15 is 0 Å². The minimum absolute atomic E-state index is 0.0421. The zero-order chi connectivity index (χ0) is 18.4. The summed E-state index contributed by atoms with van der Waals surface area (Å²) in [5.41, 5.74) is 0.945. The number of nitrogens with zero attached hydrogens (tertiary/aromatic N) is 1. The first-order chi connectivity index (χ1) is 11.9. The van der Waals surface area contributed by atoms with Crippen LogP contribution in [0.15, 0.2) is 18.2 Å². The number of benzene rings is 1. The molecular formula is C18H26N2O5. The van der Waals surface area contributed by atoms with Crippen LogP contribution >= 0.6 is 0 Å². The average Bonchev–Trinajstić information content (AvgIpc) is 2.54. The molecule has 138 valence electrons. The van der Waals surface area contributed by atoms with Crippen LogP contribution in [0.4, 0.5) is 0 Å². The van der Waals surface area contributed by atoms with E-state index in [4.69, 9.17) is 14.6 Å². The Labute approximate surface area is 147 Å². The second-order valence-corrected chi connectivity index (χ2v) is 6.27. The van der Waals surface area contributed by atoms with Gasteiger partial charge >= 0.3 is 5.97 Å². The number of carbonyl (C=O) groups is 2. The van der Waals surface area contributed by atoms with E-state index in [-0.39, 0.29) is 31.1 Å². The Hall–Kier alpha value is -2.28. The predicted molar refractivity (Wildman–Crippen MR) is 93.1 cm³/mol. The highest BCUT2D eigenvalue weighted by molar-refractivity contribution is 5.78. The molecule has 0 aromatic heterocycles. The highest BCUT2D eigenvalue weighted by Crippen LogP contribution is 2.26. The molecule has 2 N–H and O–H groups in total. The van der Waals surface area contributed by atoms with Crippen molar-refractivity contribution in [3.05, 3.63) is 23.8 Å². The molecule has 1 saturated carbocycles. The van der Waals surface area contributed by atoms with E-state index in [0.717, 1.165) is 24.2 Å². The van der Waals surface area contributed by atoms with Crippen molar-refractivity contribution in [2.75, 3.05) is 26.8 Å². The standard InChI is InChI=1S/C18H26N2O5/c1-4-20(10-18(22)23)14-8-13(9-14)19-17(21)11-25-15-5-6-16(24-3)12(2)7-15/h5-7,13-14H,4,8-11H2,1-3H3,(H,19,21)(H,22,23). The number of aryl methyl sites for hydroxylation is 1. The van der Waals surface area contributed by atoms with Crippen LogP contribution in [0, 0.1) is 6.92 Å². The summed E-state index contributed by atoms with van der Waals surface area (Å²) in [5, 5.41) is 11.8. The fourth-order valence-electron chi connectivity index (χ4n) is 3.04. The number of aliphatic carboxylic acids is 1. The minimum Gasteiger partial charge on any atom is -0.496 e. The molecule has 1 amide bonds. The van der Waals surface area contributed by atoms with Gasteiger partial charge in [-0.3, -0.25) is 14.5 Å². The number of hydrogen-bond acceptors (Lipinski definition) is 5. The van der Waals surface area contributed by atoms with E-state index in [1.54, 1.807) is 19.2 Å². The summed E-state index contributed by atoms with van der Waals surface area (Å²) in [7, 11) is 1.61. The van der Waals surface area contributed by atoms with Crippen LogP contribution in [0.1, 0.15) is 25.3 Å². The average molecular weight is 350 g/mol. The van der Waals surface area contributed by atoms with Gasteiger partial charge in [0, 0.05) is 12.1 Å². The monoisotopic (exact) mass is 350 g/mol. The SMILES string of the molecule is CCN(CC(=O)O)C1CC(NC(=O)COc2ccc(OC)c(C)c2)C1. The predicted octanol–water partition coefficient (Wildman–Crippen LogP) is 1.44. The van der Waals surface area contributed by atoms with Crippen LogP contribution in [0.25, 0.3) is 0 Å². The molecule has 0 spiro atoms. The normalized spacial score (nSPS) is 19.2. The first-order valence-electron chi connectivity index (χ1n) is 8.45. The molecule has 1 fully saturated rings. The number of rotatable bonds is 9. The Morgan fingerprint density at radius 3 is 2.64 bits per heavy atom. The lowest BCUT2D eigenvalue weighted by Crippen LogP contribution is -2.55. The Kier molecular flexibility index (Phi) is 6.64. The third kappa shape index (κ3) is 5.35. The Morgan fingerprint density at radius 1 is 1.36 bits per heavy atom. The summed E-state index contributed by atoms with van der Waals surface area (Å²) in [6, 6.07) is 5.71. The molecule has 0 heterocycles. The fraction of sp³-hybridized carbons (Fsp3) is 0.556. The number of nitrogens with one attached hydrogen (secondary N) is 1. The summed E-state index contributed by atoms with van der Waals surface area (Å²) in [6.45, 7) is 4.55. The van der Waals surface area contributed by atoms with Crippen molar-refractivity contribution in [2.24, 2.45) is 0 Å². The molecule has 7 nitrogen and oxygen atoms in total. The molecule has 0 aliphatic heterocycles. The fourth-order valence-corrected chi connectivity index (χ4v) is 3.04. The maximum absolute atomic E-state index is 12.0. The molecule has 1 aliphatic rings. The van der Waals surface area contributed by atoms with Crippen molar-refractivity contribution < 1.29 is 24.2 Å². The zero-order valence-corrected chi connectivity index (χ0v) is 14.9. The lowest BCUT2D eigenvalue weighted by atomic mass is 9.85. The number of hydrogen-bond donors (Lipinski definition) is 2. The summed E-state index contributed by atoms with van der Waals surface area (Å²) >= 11 is 0. The molecule has 2 rings (SSSR count). The number of carbonyl (C=O) groups excluding carboxylic acids is 1. The molecule has 25 heavy (non-hydrogen) atoms. The van der Waals surface area contributed by atoms with Gasteiger partial charge in [0.2, 0.25) is 0 Å². The maximum atomic E-state index is 12.0. The van der Waals surface area contributed by atoms with E-state index in [1.165, 1.54) is 0 Å². The first kappa shape index (κ1) is 19.1. The maximum Gasteiger partial charge on any atom is 0.317 e. The number of amides is 1. The van der Waals surface area contributed by atoms with Gasteiger partial charge in [-0.1, -0.05) is 6.92 Å². The Balaban J connectivity index is 1.71. The Bertz CT molecular complexity index is 613. The molecule has 0 atom stereocenters. The molecular weight excluding hydrogens is 324 g/mol. The number of likely N-dealkylation sites (N-methyl/N-ethyl adjacent to an activating group) is 1. The lowest BCUT2D eigenvalue weighted by molar-refractivity contribution is -0.139. The number of carboxylic acids is 1. The van der Waals surface area contributed by atoms with Crippen LogP contribution in [0.2, 0.25) is 0 Å². The highest BCUT2D eigenvalue weighted by Gasteiger charge is 2.34. The molecule has 0 bridgehead atoms. The third-order valence-corrected chi connectivity index (χ3v) is 4.48. The van der Waals surface area contributed by atoms with Gasteiger partial charge in [0.25, 0.3) is 5.91 Å². The molecule has 0 radical (unpaired) electrons. The summed E-state index contributed by atoms with van der Waals surface area (Å²) in [6.07, 6.45) is 1.54. The highest BCUT2D eigenvalue weighted by atomic mass is 16.5. The lowest BCUT2D eigenvalue weighted by Gasteiger charge is -2.42. The van der Waals surface area contributed by atoms with E-state index in [2.05, 4.69) is 5.32 Å². The first-order valence-corrected chi connectivity index (χ1v) is 8.45.